The van der Waals surface area contributed by atoms with Crippen molar-refractivity contribution < 1.29 is 9.47 Å². The molecule has 0 aliphatic carbocycles. The van der Waals surface area contributed by atoms with Gasteiger partial charge in [0, 0.05) is 6.61 Å². The van der Waals surface area contributed by atoms with Gasteiger partial charge in [0.1, 0.15) is 0 Å². The van der Waals surface area contributed by atoms with E-state index in [0.29, 0.717) is 6.10 Å². The molecular formula is C9H17O2. The maximum absolute atomic E-state index is 5.45. The van der Waals surface area contributed by atoms with Crippen LogP contribution >= 0.6 is 0 Å². The molecule has 65 valence electrons. The van der Waals surface area contributed by atoms with Crippen molar-refractivity contribution in [1.82, 2.24) is 0 Å². The molecule has 2 nitrogen and oxygen atoms in total. The normalized spacial score (nSPS) is 26.2. The van der Waals surface area contributed by atoms with Gasteiger partial charge in [-0.25, -0.2) is 0 Å². The summed E-state index contributed by atoms with van der Waals surface area (Å²) in [6.45, 7) is 7.66. The van der Waals surface area contributed by atoms with Gasteiger partial charge in [-0.05, 0) is 19.8 Å². The molecule has 0 aromatic carbocycles. The van der Waals surface area contributed by atoms with Gasteiger partial charge in [0.25, 0.3) is 0 Å². The van der Waals surface area contributed by atoms with E-state index in [2.05, 4.69) is 13.8 Å². The van der Waals surface area contributed by atoms with E-state index in [-0.39, 0.29) is 6.10 Å². The first-order valence-corrected chi connectivity index (χ1v) is 4.39. The SMILES string of the molecule is [CH2]C(CCC)OCC1CCO1. The summed E-state index contributed by atoms with van der Waals surface area (Å²) in [6.07, 6.45) is 3.85. The molecule has 1 aliphatic heterocycles. The summed E-state index contributed by atoms with van der Waals surface area (Å²) >= 11 is 0. The van der Waals surface area contributed by atoms with Gasteiger partial charge in [0.2, 0.25) is 0 Å². The van der Waals surface area contributed by atoms with Crippen LogP contribution in [0.3, 0.4) is 0 Å². The monoisotopic (exact) mass is 157 g/mol. The highest BCUT2D eigenvalue weighted by Crippen LogP contribution is 2.12. The second-order valence-corrected chi connectivity index (χ2v) is 3.03. The van der Waals surface area contributed by atoms with Gasteiger partial charge < -0.3 is 9.47 Å². The summed E-state index contributed by atoms with van der Waals surface area (Å²) in [7, 11) is 0. The van der Waals surface area contributed by atoms with E-state index in [1.54, 1.807) is 0 Å². The minimum Gasteiger partial charge on any atom is -0.376 e. The molecule has 1 rings (SSSR count). The molecule has 0 N–H and O–H groups in total. The predicted octanol–water partition coefficient (Wildman–Crippen LogP) is 1.79. The fourth-order valence-electron chi connectivity index (χ4n) is 1.06. The molecule has 0 aromatic rings. The molecule has 0 aromatic heterocycles. The fourth-order valence-corrected chi connectivity index (χ4v) is 1.06. The number of hydrogen-bond acceptors (Lipinski definition) is 2. The van der Waals surface area contributed by atoms with Crippen molar-refractivity contribution in [2.75, 3.05) is 13.2 Å². The zero-order valence-electron chi connectivity index (χ0n) is 7.21. The van der Waals surface area contributed by atoms with Crippen molar-refractivity contribution in [2.45, 2.75) is 38.4 Å². The van der Waals surface area contributed by atoms with Crippen LogP contribution in [0.1, 0.15) is 26.2 Å². The van der Waals surface area contributed by atoms with E-state index in [0.717, 1.165) is 32.5 Å². The number of ether oxygens (including phenoxy) is 2. The van der Waals surface area contributed by atoms with Crippen molar-refractivity contribution in [1.29, 1.82) is 0 Å². The lowest BCUT2D eigenvalue weighted by Gasteiger charge is -2.27. The highest BCUT2D eigenvalue weighted by atomic mass is 16.5. The first-order valence-electron chi connectivity index (χ1n) is 4.39. The highest BCUT2D eigenvalue weighted by molar-refractivity contribution is 4.67. The summed E-state index contributed by atoms with van der Waals surface area (Å²) in [5, 5.41) is 0. The second-order valence-electron chi connectivity index (χ2n) is 3.03. The van der Waals surface area contributed by atoms with Gasteiger partial charge in [0.15, 0.2) is 0 Å². The van der Waals surface area contributed by atoms with Crippen LogP contribution in [-0.4, -0.2) is 25.4 Å². The lowest BCUT2D eigenvalue weighted by atomic mass is 10.2. The molecule has 1 heterocycles. The van der Waals surface area contributed by atoms with Crippen LogP contribution in [0.4, 0.5) is 0 Å². The average Bonchev–Trinajstić information content (AvgIpc) is 1.85. The zero-order chi connectivity index (χ0) is 8.10. The Balaban J connectivity index is 1.92. The second kappa shape index (κ2) is 4.73. The quantitative estimate of drug-likeness (QED) is 0.605. The van der Waals surface area contributed by atoms with E-state index in [9.17, 15) is 0 Å². The Morgan fingerprint density at radius 2 is 2.45 bits per heavy atom. The predicted molar refractivity (Wildman–Crippen MR) is 44.4 cm³/mol. The molecule has 1 radical (unpaired) electrons. The van der Waals surface area contributed by atoms with E-state index < -0.39 is 0 Å². The largest absolute Gasteiger partial charge is 0.376 e. The van der Waals surface area contributed by atoms with E-state index >= 15 is 0 Å². The molecule has 1 aliphatic rings. The Labute approximate surface area is 68.9 Å². The molecule has 2 unspecified atom stereocenters. The third kappa shape index (κ3) is 3.21. The standard InChI is InChI=1S/C9H17O2/c1-3-4-8(2)11-7-9-5-6-10-9/h8-9H,2-7H2,1H3. The maximum Gasteiger partial charge on any atom is 0.0830 e. The fraction of sp³-hybridized carbons (Fsp3) is 0.889. The van der Waals surface area contributed by atoms with Gasteiger partial charge in [-0.15, -0.1) is 0 Å². The van der Waals surface area contributed by atoms with Crippen LogP contribution in [0.15, 0.2) is 0 Å². The Kier molecular flexibility index (Phi) is 3.87. The van der Waals surface area contributed by atoms with Crippen molar-refractivity contribution in [3.8, 4) is 0 Å². The first-order chi connectivity index (χ1) is 5.33. The van der Waals surface area contributed by atoms with E-state index in [1.807, 2.05) is 0 Å². The van der Waals surface area contributed by atoms with E-state index in [4.69, 9.17) is 9.47 Å². The molecule has 2 atom stereocenters. The van der Waals surface area contributed by atoms with Crippen molar-refractivity contribution in [3.63, 3.8) is 0 Å². The molecule has 11 heavy (non-hydrogen) atoms. The van der Waals surface area contributed by atoms with Gasteiger partial charge in [0.05, 0.1) is 18.8 Å². The minimum atomic E-state index is 0.157. The molecule has 0 bridgehead atoms. The van der Waals surface area contributed by atoms with Crippen molar-refractivity contribution in [3.05, 3.63) is 6.92 Å². The molecule has 1 fully saturated rings. The minimum absolute atomic E-state index is 0.157. The smallest absolute Gasteiger partial charge is 0.0830 e. The number of rotatable bonds is 5. The third-order valence-electron chi connectivity index (χ3n) is 1.92. The molecule has 0 saturated carbocycles. The zero-order valence-corrected chi connectivity index (χ0v) is 7.21. The van der Waals surface area contributed by atoms with Crippen molar-refractivity contribution in [2.24, 2.45) is 0 Å². The van der Waals surface area contributed by atoms with Gasteiger partial charge in [-0.3, -0.25) is 0 Å². The van der Waals surface area contributed by atoms with Gasteiger partial charge in [-0.1, -0.05) is 13.3 Å². The van der Waals surface area contributed by atoms with E-state index in [1.165, 1.54) is 0 Å². The van der Waals surface area contributed by atoms with Crippen molar-refractivity contribution >= 4 is 0 Å². The summed E-state index contributed by atoms with van der Waals surface area (Å²) in [5.41, 5.74) is 0. The van der Waals surface area contributed by atoms with Crippen LogP contribution in [0.25, 0.3) is 0 Å². The average molecular weight is 157 g/mol. The Hall–Kier alpha value is -0.0800. The number of hydrogen-bond donors (Lipinski definition) is 0. The summed E-state index contributed by atoms with van der Waals surface area (Å²) in [4.78, 5) is 0. The Morgan fingerprint density at radius 3 is 2.91 bits per heavy atom. The topological polar surface area (TPSA) is 18.5 Å². The molecular weight excluding hydrogens is 140 g/mol. The summed E-state index contributed by atoms with van der Waals surface area (Å²) in [6, 6.07) is 0. The van der Waals surface area contributed by atoms with Crippen LogP contribution < -0.4 is 0 Å². The van der Waals surface area contributed by atoms with Crippen LogP contribution in [0.5, 0.6) is 0 Å². The third-order valence-corrected chi connectivity index (χ3v) is 1.92. The summed E-state index contributed by atoms with van der Waals surface area (Å²) in [5.74, 6) is 0. The molecule has 0 amide bonds. The lowest BCUT2D eigenvalue weighted by Crippen LogP contribution is -2.32. The molecule has 1 saturated heterocycles. The van der Waals surface area contributed by atoms with Crippen LogP contribution in [-0.2, 0) is 9.47 Å². The highest BCUT2D eigenvalue weighted by Gasteiger charge is 2.18. The van der Waals surface area contributed by atoms with Crippen LogP contribution in [0.2, 0.25) is 0 Å². The van der Waals surface area contributed by atoms with Crippen LogP contribution in [0, 0.1) is 6.92 Å². The Bertz CT molecular complexity index is 99.7. The maximum atomic E-state index is 5.45. The molecule has 0 spiro atoms. The molecule has 2 heteroatoms. The first kappa shape index (κ1) is 9.01. The lowest BCUT2D eigenvalue weighted by molar-refractivity contribution is -0.103. The van der Waals surface area contributed by atoms with Gasteiger partial charge in [-0.2, -0.15) is 0 Å². The van der Waals surface area contributed by atoms with Gasteiger partial charge >= 0.3 is 0 Å². The Morgan fingerprint density at radius 1 is 1.73 bits per heavy atom. The summed E-state index contributed by atoms with van der Waals surface area (Å²) < 4.78 is 10.7.